The summed E-state index contributed by atoms with van der Waals surface area (Å²) in [5, 5.41) is 6.73. The molecular formula is C79H48N2O3S. The molecule has 0 bridgehead atoms. The molecule has 18 rings (SSSR count). The maximum absolute atomic E-state index is 7.63. The van der Waals surface area contributed by atoms with Crippen molar-refractivity contribution >= 4 is 110 Å². The van der Waals surface area contributed by atoms with Gasteiger partial charge in [-0.1, -0.05) is 200 Å². The van der Waals surface area contributed by atoms with E-state index in [9.17, 15) is 0 Å². The van der Waals surface area contributed by atoms with Crippen molar-refractivity contribution in [2.45, 2.75) is 5.41 Å². The largest absolute Gasteiger partial charge is 0.457 e. The number of para-hydroxylation sites is 4. The summed E-state index contributed by atoms with van der Waals surface area (Å²) in [7, 11) is 0. The Kier molecular flexibility index (Phi) is 10.4. The zero-order chi connectivity index (χ0) is 55.7. The molecule has 6 heteroatoms. The summed E-state index contributed by atoms with van der Waals surface area (Å²) in [6.45, 7) is 0. The third-order valence-electron chi connectivity index (χ3n) is 17.7. The van der Waals surface area contributed by atoms with Crippen LogP contribution in [0, 0.1) is 0 Å². The lowest BCUT2D eigenvalue weighted by molar-refractivity contribution is 0.436. The average molecular weight is 1110 g/mol. The fraction of sp³-hybridized carbons (Fsp3) is 0.0127. The number of thiophene rings is 1. The highest BCUT2D eigenvalue weighted by atomic mass is 32.1. The number of anilines is 6. The van der Waals surface area contributed by atoms with Crippen molar-refractivity contribution < 1.29 is 13.6 Å². The van der Waals surface area contributed by atoms with Crippen LogP contribution in [0.4, 0.5) is 34.1 Å². The first-order valence-corrected chi connectivity index (χ1v) is 29.7. The number of fused-ring (bicyclic) bond motifs is 18. The normalized spacial score (nSPS) is 12.9. The van der Waals surface area contributed by atoms with Crippen LogP contribution in [0.3, 0.4) is 0 Å². The van der Waals surface area contributed by atoms with Crippen LogP contribution in [0.1, 0.15) is 22.3 Å². The van der Waals surface area contributed by atoms with E-state index in [2.05, 4.69) is 295 Å². The summed E-state index contributed by atoms with van der Waals surface area (Å²) < 4.78 is 23.8. The molecule has 5 nitrogen and oxygen atoms in total. The number of hydrogen-bond donors (Lipinski definition) is 0. The lowest BCUT2D eigenvalue weighted by Crippen LogP contribution is -2.32. The Morgan fingerprint density at radius 1 is 0.282 bits per heavy atom. The first kappa shape index (κ1) is 47.7. The van der Waals surface area contributed by atoms with E-state index in [4.69, 9.17) is 13.6 Å². The van der Waals surface area contributed by atoms with Gasteiger partial charge in [-0.2, -0.15) is 0 Å². The van der Waals surface area contributed by atoms with Crippen LogP contribution in [0.25, 0.3) is 97.4 Å². The summed E-state index contributed by atoms with van der Waals surface area (Å²) in [6.07, 6.45) is 0. The van der Waals surface area contributed by atoms with Gasteiger partial charge in [0.05, 0.1) is 5.41 Å². The molecule has 2 aliphatic rings. The summed E-state index contributed by atoms with van der Waals surface area (Å²) in [6, 6.07) is 105. The quantitative estimate of drug-likeness (QED) is 0.152. The van der Waals surface area contributed by atoms with Gasteiger partial charge in [-0.25, -0.2) is 0 Å². The van der Waals surface area contributed by atoms with Gasteiger partial charge in [-0.05, 0) is 107 Å². The van der Waals surface area contributed by atoms with Crippen LogP contribution < -0.4 is 14.5 Å². The molecule has 0 radical (unpaired) electrons. The molecule has 0 unspecified atom stereocenters. The minimum absolute atomic E-state index is 0.720. The van der Waals surface area contributed by atoms with E-state index in [1.807, 2.05) is 17.4 Å². The molecule has 0 saturated carbocycles. The number of rotatable bonds is 8. The molecule has 1 spiro atoms. The molecule has 0 fully saturated rings. The number of nitrogens with zero attached hydrogens (tertiary/aromatic N) is 2. The topological polar surface area (TPSA) is 42.0 Å². The molecule has 85 heavy (non-hydrogen) atoms. The van der Waals surface area contributed by atoms with E-state index in [0.717, 1.165) is 123 Å². The molecule has 0 N–H and O–H groups in total. The smallest absolute Gasteiger partial charge is 0.143 e. The second kappa shape index (κ2) is 18.5. The van der Waals surface area contributed by atoms with Gasteiger partial charge in [0.2, 0.25) is 0 Å². The first-order valence-electron chi connectivity index (χ1n) is 28.9. The highest BCUT2D eigenvalue weighted by Crippen LogP contribution is 2.63. The van der Waals surface area contributed by atoms with Crippen LogP contribution in [0.15, 0.2) is 300 Å². The Labute approximate surface area is 493 Å². The van der Waals surface area contributed by atoms with Gasteiger partial charge >= 0.3 is 0 Å². The molecule has 13 aromatic carbocycles. The summed E-state index contributed by atoms with van der Waals surface area (Å²) in [4.78, 5) is 4.74. The molecule has 1 aliphatic heterocycles. The zero-order valence-electron chi connectivity index (χ0n) is 45.7. The minimum atomic E-state index is -0.720. The molecule has 3 aromatic heterocycles. The lowest BCUT2D eigenvalue weighted by atomic mass is 9.66. The van der Waals surface area contributed by atoms with E-state index in [1.54, 1.807) is 0 Å². The highest BCUT2D eigenvalue weighted by Gasteiger charge is 2.51. The van der Waals surface area contributed by atoms with E-state index in [1.165, 1.54) is 42.4 Å². The summed E-state index contributed by atoms with van der Waals surface area (Å²) >= 11 is 1.84. The lowest BCUT2D eigenvalue weighted by Gasteiger charge is -2.40. The minimum Gasteiger partial charge on any atom is -0.457 e. The van der Waals surface area contributed by atoms with Crippen molar-refractivity contribution in [2.24, 2.45) is 0 Å². The average Bonchev–Trinajstić information content (AvgIpc) is 1.86. The summed E-state index contributed by atoms with van der Waals surface area (Å²) in [5.41, 5.74) is 20.0. The van der Waals surface area contributed by atoms with Gasteiger partial charge in [0, 0.05) is 116 Å². The van der Waals surface area contributed by atoms with Gasteiger partial charge < -0.3 is 23.4 Å². The second-order valence-corrected chi connectivity index (χ2v) is 23.3. The van der Waals surface area contributed by atoms with Crippen LogP contribution >= 0.6 is 11.3 Å². The molecule has 0 amide bonds. The van der Waals surface area contributed by atoms with Crippen LogP contribution in [0.5, 0.6) is 11.5 Å². The van der Waals surface area contributed by atoms with E-state index in [0.29, 0.717) is 0 Å². The predicted molar refractivity (Wildman–Crippen MR) is 352 cm³/mol. The molecule has 0 atom stereocenters. The van der Waals surface area contributed by atoms with Gasteiger partial charge in [0.15, 0.2) is 0 Å². The second-order valence-electron chi connectivity index (χ2n) is 22.2. The van der Waals surface area contributed by atoms with Gasteiger partial charge in [-0.3, -0.25) is 0 Å². The van der Waals surface area contributed by atoms with Crippen LogP contribution in [-0.2, 0) is 5.41 Å². The third-order valence-corrected chi connectivity index (χ3v) is 18.9. The standard InChI is InChI=1S/C79H48N2O3S/c1-4-21-49(22-5-1)63-43-54(44-64-58-29-12-17-36-71(58)83-76(63)64)80(50-23-6-2-7-24-50)52-39-41-69-73(47-52)82-74-48-53(40-42-70(74)79(69)67-34-15-10-27-56(67)57-28-11-16-35-68(57)79)81(51-25-8-3-9-26-51)55-45-65-59-30-13-18-37-72(59)84-77(65)66(46-55)62-33-20-32-61-60-31-14-19-38-75(60)85-78(61)62/h1-48H. The predicted octanol–water partition coefficient (Wildman–Crippen LogP) is 22.6. The first-order chi connectivity index (χ1) is 42.1. The number of furan rings is 2. The fourth-order valence-electron chi connectivity index (χ4n) is 14.1. The van der Waals surface area contributed by atoms with Crippen molar-refractivity contribution in [3.63, 3.8) is 0 Å². The fourth-order valence-corrected chi connectivity index (χ4v) is 15.3. The van der Waals surface area contributed by atoms with Crippen molar-refractivity contribution in [3.05, 3.63) is 313 Å². The molecule has 0 saturated heterocycles. The molecule has 398 valence electrons. The zero-order valence-corrected chi connectivity index (χ0v) is 46.6. The van der Waals surface area contributed by atoms with Crippen molar-refractivity contribution in [3.8, 4) is 44.9 Å². The Balaban J connectivity index is 0.868. The number of ether oxygens (including phenoxy) is 1. The number of hydrogen-bond acceptors (Lipinski definition) is 6. The van der Waals surface area contributed by atoms with E-state index >= 15 is 0 Å². The summed E-state index contributed by atoms with van der Waals surface area (Å²) in [5.74, 6) is 1.56. The van der Waals surface area contributed by atoms with E-state index < -0.39 is 5.41 Å². The van der Waals surface area contributed by atoms with Crippen molar-refractivity contribution in [1.82, 2.24) is 0 Å². The SMILES string of the molecule is c1ccc(-c2cc(N(c3ccccc3)c3ccc4c(c3)Oc3cc(N(c5ccccc5)c5cc(-c6cccc7c6sc6ccccc67)c6oc7ccccc7c6c5)ccc3C43c4ccccc4-c4ccccc43)cc3c2oc2ccccc23)cc1. The maximum atomic E-state index is 7.63. The van der Waals surface area contributed by atoms with E-state index in [-0.39, 0.29) is 0 Å². The highest BCUT2D eigenvalue weighted by molar-refractivity contribution is 7.26. The molecular weight excluding hydrogens is 1060 g/mol. The van der Waals surface area contributed by atoms with Crippen LogP contribution in [-0.4, -0.2) is 0 Å². The monoisotopic (exact) mass is 1100 g/mol. The molecule has 4 heterocycles. The Bertz CT molecular complexity index is 5330. The van der Waals surface area contributed by atoms with Gasteiger partial charge in [0.1, 0.15) is 33.8 Å². The van der Waals surface area contributed by atoms with Crippen molar-refractivity contribution in [1.29, 1.82) is 0 Å². The molecule has 16 aromatic rings. The van der Waals surface area contributed by atoms with Crippen molar-refractivity contribution in [2.75, 3.05) is 9.80 Å². The third kappa shape index (κ3) is 7.10. The molecule has 1 aliphatic carbocycles. The van der Waals surface area contributed by atoms with Crippen LogP contribution in [0.2, 0.25) is 0 Å². The van der Waals surface area contributed by atoms with Gasteiger partial charge in [-0.15, -0.1) is 11.3 Å². The number of benzene rings is 13. The Hall–Kier alpha value is -10.9. The maximum Gasteiger partial charge on any atom is 0.143 e. The van der Waals surface area contributed by atoms with Gasteiger partial charge in [0.25, 0.3) is 0 Å². The Morgan fingerprint density at radius 3 is 1.33 bits per heavy atom. The Morgan fingerprint density at radius 2 is 0.741 bits per heavy atom.